The fourth-order valence-electron chi connectivity index (χ4n) is 3.69. The van der Waals surface area contributed by atoms with Crippen LogP contribution < -0.4 is 0 Å². The molecule has 0 N–H and O–H groups in total. The lowest BCUT2D eigenvalue weighted by Crippen LogP contribution is -2.26. The van der Waals surface area contributed by atoms with E-state index in [4.69, 9.17) is 4.74 Å². The Morgan fingerprint density at radius 1 is 0.935 bits per heavy atom. The van der Waals surface area contributed by atoms with Crippen LogP contribution >= 0.6 is 0 Å². The third-order valence-electron chi connectivity index (χ3n) is 5.25. The number of hydrogen-bond donors (Lipinski definition) is 0. The molecule has 3 aromatic rings. The number of hydrogen-bond acceptors (Lipinski definition) is 2. The summed E-state index contributed by atoms with van der Waals surface area (Å²) in [5.41, 5.74) is 3.89. The van der Waals surface area contributed by atoms with Crippen molar-refractivity contribution in [2.24, 2.45) is 0 Å². The van der Waals surface area contributed by atoms with E-state index < -0.39 is 11.7 Å². The first-order chi connectivity index (χ1) is 14.8. The average Bonchev–Trinajstić information content (AvgIpc) is 3.14. The average molecular weight is 431 g/mol. The van der Waals surface area contributed by atoms with Gasteiger partial charge in [0.15, 0.2) is 0 Å². The molecule has 0 aliphatic rings. The Hall–Kier alpha value is -2.57. The standard InChI is InChI=1S/C25H29F3N2O/c1-20-6-3-7-22(16-20)18-30-14-4-8-24(30)19-29(13-5-15-31-2)17-21-9-11-23(12-10-21)25(26,27)28/h3-4,6-12,14,16H,5,13,15,17-19H2,1-2H3. The molecule has 0 spiro atoms. The first kappa shape index (κ1) is 23.1. The van der Waals surface area contributed by atoms with Crippen molar-refractivity contribution in [1.29, 1.82) is 0 Å². The van der Waals surface area contributed by atoms with Gasteiger partial charge in [-0.05, 0) is 48.7 Å². The van der Waals surface area contributed by atoms with E-state index in [9.17, 15) is 13.2 Å². The van der Waals surface area contributed by atoms with Gasteiger partial charge in [0.05, 0.1) is 5.56 Å². The first-order valence-electron chi connectivity index (χ1n) is 10.4. The van der Waals surface area contributed by atoms with Gasteiger partial charge in [-0.2, -0.15) is 13.2 Å². The van der Waals surface area contributed by atoms with E-state index >= 15 is 0 Å². The first-order valence-corrected chi connectivity index (χ1v) is 10.4. The van der Waals surface area contributed by atoms with Gasteiger partial charge in [0.25, 0.3) is 0 Å². The summed E-state index contributed by atoms with van der Waals surface area (Å²) in [6.45, 7) is 5.61. The molecule has 0 radical (unpaired) electrons. The fraction of sp³-hybridized carbons (Fsp3) is 0.360. The molecule has 3 rings (SSSR count). The molecule has 31 heavy (non-hydrogen) atoms. The maximum Gasteiger partial charge on any atom is 0.416 e. The number of alkyl halides is 3. The topological polar surface area (TPSA) is 17.4 Å². The smallest absolute Gasteiger partial charge is 0.385 e. The molecule has 6 heteroatoms. The molecule has 0 bridgehead atoms. The van der Waals surface area contributed by atoms with E-state index in [-0.39, 0.29) is 0 Å². The Kier molecular flexibility index (Phi) is 7.93. The number of halogens is 3. The molecule has 166 valence electrons. The van der Waals surface area contributed by atoms with Gasteiger partial charge < -0.3 is 9.30 Å². The zero-order valence-corrected chi connectivity index (χ0v) is 18.0. The Labute approximate surface area is 182 Å². The molecule has 0 aliphatic heterocycles. The lowest BCUT2D eigenvalue weighted by molar-refractivity contribution is -0.137. The number of methoxy groups -OCH3 is 1. The highest BCUT2D eigenvalue weighted by Crippen LogP contribution is 2.29. The zero-order chi connectivity index (χ0) is 22.3. The van der Waals surface area contributed by atoms with E-state index in [1.54, 1.807) is 19.2 Å². The van der Waals surface area contributed by atoms with Gasteiger partial charge in [0, 0.05) is 51.8 Å². The van der Waals surface area contributed by atoms with Crippen LogP contribution in [-0.2, 0) is 30.5 Å². The quantitative estimate of drug-likeness (QED) is 0.373. The number of rotatable bonds is 10. The summed E-state index contributed by atoms with van der Waals surface area (Å²) in [5.74, 6) is 0. The van der Waals surface area contributed by atoms with E-state index in [0.717, 1.165) is 37.2 Å². The Bertz CT molecular complexity index is 948. The van der Waals surface area contributed by atoms with Crippen LogP contribution in [0.5, 0.6) is 0 Å². The second-order valence-electron chi connectivity index (χ2n) is 7.87. The molecule has 0 amide bonds. The molecular formula is C25H29F3N2O. The SMILES string of the molecule is COCCCN(Cc1ccc(C(F)(F)F)cc1)Cc1cccn1Cc1cccc(C)c1. The summed E-state index contributed by atoms with van der Waals surface area (Å²) in [5, 5.41) is 0. The van der Waals surface area contributed by atoms with Crippen LogP contribution in [0.1, 0.15) is 34.4 Å². The molecule has 0 fully saturated rings. The van der Waals surface area contributed by atoms with Crippen LogP contribution in [-0.4, -0.2) is 29.7 Å². The molecule has 2 aromatic carbocycles. The van der Waals surface area contributed by atoms with Crippen molar-refractivity contribution < 1.29 is 17.9 Å². The summed E-state index contributed by atoms with van der Waals surface area (Å²) in [6, 6.07) is 18.0. The van der Waals surface area contributed by atoms with Crippen molar-refractivity contribution in [3.8, 4) is 0 Å². The highest BCUT2D eigenvalue weighted by Gasteiger charge is 2.30. The number of benzene rings is 2. The van der Waals surface area contributed by atoms with Crippen molar-refractivity contribution >= 4 is 0 Å². The third-order valence-corrected chi connectivity index (χ3v) is 5.25. The lowest BCUT2D eigenvalue weighted by atomic mass is 10.1. The van der Waals surface area contributed by atoms with Crippen LogP contribution in [0.15, 0.2) is 66.9 Å². The van der Waals surface area contributed by atoms with Gasteiger partial charge in [-0.3, -0.25) is 4.90 Å². The van der Waals surface area contributed by atoms with Crippen molar-refractivity contribution in [3.63, 3.8) is 0 Å². The lowest BCUT2D eigenvalue weighted by Gasteiger charge is -2.24. The zero-order valence-electron chi connectivity index (χ0n) is 18.0. The van der Waals surface area contributed by atoms with Crippen LogP contribution in [0, 0.1) is 6.92 Å². The van der Waals surface area contributed by atoms with Gasteiger partial charge in [-0.15, -0.1) is 0 Å². The Morgan fingerprint density at radius 2 is 1.71 bits per heavy atom. The molecule has 0 aliphatic carbocycles. The van der Waals surface area contributed by atoms with Crippen LogP contribution in [0.4, 0.5) is 13.2 Å². The van der Waals surface area contributed by atoms with Gasteiger partial charge in [0.1, 0.15) is 0 Å². The predicted molar refractivity (Wildman–Crippen MR) is 117 cm³/mol. The van der Waals surface area contributed by atoms with Gasteiger partial charge >= 0.3 is 6.18 Å². The summed E-state index contributed by atoms with van der Waals surface area (Å²) < 4.78 is 46.0. The van der Waals surface area contributed by atoms with Crippen LogP contribution in [0.2, 0.25) is 0 Å². The summed E-state index contributed by atoms with van der Waals surface area (Å²) in [6.07, 6.45) is -1.38. The number of aromatic nitrogens is 1. The minimum absolute atomic E-state index is 0.581. The molecular weight excluding hydrogens is 401 g/mol. The summed E-state index contributed by atoms with van der Waals surface area (Å²) in [7, 11) is 1.67. The third kappa shape index (κ3) is 6.97. The van der Waals surface area contributed by atoms with Gasteiger partial charge in [0.2, 0.25) is 0 Å². The molecule has 1 heterocycles. The largest absolute Gasteiger partial charge is 0.416 e. The van der Waals surface area contributed by atoms with Crippen LogP contribution in [0.25, 0.3) is 0 Å². The number of ether oxygens (including phenoxy) is 1. The molecule has 3 nitrogen and oxygen atoms in total. The maximum absolute atomic E-state index is 12.9. The Morgan fingerprint density at radius 3 is 2.39 bits per heavy atom. The number of aryl methyl sites for hydroxylation is 1. The molecule has 0 saturated carbocycles. The second-order valence-corrected chi connectivity index (χ2v) is 7.87. The molecule has 1 aromatic heterocycles. The van der Waals surface area contributed by atoms with E-state index in [1.165, 1.54) is 16.8 Å². The highest BCUT2D eigenvalue weighted by molar-refractivity contribution is 5.25. The predicted octanol–water partition coefficient (Wildman–Crippen LogP) is 5.90. The molecule has 0 saturated heterocycles. The summed E-state index contributed by atoms with van der Waals surface area (Å²) >= 11 is 0. The minimum Gasteiger partial charge on any atom is -0.385 e. The van der Waals surface area contributed by atoms with Crippen molar-refractivity contribution in [1.82, 2.24) is 9.47 Å². The molecule has 0 unspecified atom stereocenters. The summed E-state index contributed by atoms with van der Waals surface area (Å²) in [4.78, 5) is 2.25. The van der Waals surface area contributed by atoms with Crippen molar-refractivity contribution in [2.45, 2.75) is 39.2 Å². The monoisotopic (exact) mass is 430 g/mol. The minimum atomic E-state index is -4.31. The fourth-order valence-corrected chi connectivity index (χ4v) is 3.69. The number of nitrogens with zero attached hydrogens (tertiary/aromatic N) is 2. The Balaban J connectivity index is 1.72. The maximum atomic E-state index is 12.9. The van der Waals surface area contributed by atoms with Crippen molar-refractivity contribution in [2.75, 3.05) is 20.3 Å². The highest BCUT2D eigenvalue weighted by atomic mass is 19.4. The van der Waals surface area contributed by atoms with E-state index in [1.807, 2.05) is 6.07 Å². The van der Waals surface area contributed by atoms with Gasteiger partial charge in [-0.1, -0.05) is 42.0 Å². The normalized spacial score (nSPS) is 11.9. The molecule has 0 atom stereocenters. The van der Waals surface area contributed by atoms with E-state index in [2.05, 4.69) is 52.9 Å². The van der Waals surface area contributed by atoms with Gasteiger partial charge in [-0.25, -0.2) is 0 Å². The van der Waals surface area contributed by atoms with Crippen molar-refractivity contribution in [3.05, 3.63) is 94.8 Å². The van der Waals surface area contributed by atoms with Crippen LogP contribution in [0.3, 0.4) is 0 Å². The van der Waals surface area contributed by atoms with E-state index in [0.29, 0.717) is 19.7 Å². The second kappa shape index (κ2) is 10.6.